The van der Waals surface area contributed by atoms with Crippen LogP contribution in [0.4, 0.5) is 0 Å². The monoisotopic (exact) mass is 326 g/mol. The Hall–Kier alpha value is -1.04. The maximum absolute atomic E-state index is 5.99. The molecule has 1 aromatic carbocycles. The van der Waals surface area contributed by atoms with Gasteiger partial charge in [-0.3, -0.25) is 4.40 Å². The van der Waals surface area contributed by atoms with E-state index in [4.69, 9.17) is 17.3 Å². The molecule has 94 valence electrons. The molecule has 3 aromatic rings. The van der Waals surface area contributed by atoms with Crippen molar-refractivity contribution in [2.75, 3.05) is 6.54 Å². The van der Waals surface area contributed by atoms with E-state index in [1.54, 1.807) is 0 Å². The third-order valence-electron chi connectivity index (χ3n) is 3.12. The summed E-state index contributed by atoms with van der Waals surface area (Å²) < 4.78 is 5.15. The van der Waals surface area contributed by atoms with Gasteiger partial charge in [0, 0.05) is 18.5 Å². The second kappa shape index (κ2) is 4.26. The molecule has 0 spiro atoms. The molecule has 18 heavy (non-hydrogen) atoms. The standard InChI is InChI=1S/C12H12BrClN4/c1-17-10(4-5-15)11(13)18-9-3-2-7(14)6-8(9)16-12(17)18/h2-3,6H,4-5,15H2,1H3. The number of nitrogens with two attached hydrogens (primary N) is 1. The molecule has 3 rings (SSSR count). The molecule has 0 aliphatic rings. The predicted molar refractivity (Wildman–Crippen MR) is 77.1 cm³/mol. The summed E-state index contributed by atoms with van der Waals surface area (Å²) in [5, 5.41) is 0.698. The first-order chi connectivity index (χ1) is 8.63. The lowest BCUT2D eigenvalue weighted by molar-refractivity contribution is 0.816. The minimum Gasteiger partial charge on any atom is -0.330 e. The lowest BCUT2D eigenvalue weighted by atomic mass is 10.3. The fourth-order valence-electron chi connectivity index (χ4n) is 2.25. The van der Waals surface area contributed by atoms with Crippen molar-refractivity contribution < 1.29 is 0 Å². The van der Waals surface area contributed by atoms with Crippen molar-refractivity contribution in [2.45, 2.75) is 6.42 Å². The summed E-state index contributed by atoms with van der Waals surface area (Å²) in [5.74, 6) is 0.891. The van der Waals surface area contributed by atoms with Crippen molar-refractivity contribution in [3.63, 3.8) is 0 Å². The maximum atomic E-state index is 5.99. The van der Waals surface area contributed by atoms with Gasteiger partial charge in [-0.15, -0.1) is 0 Å². The minimum absolute atomic E-state index is 0.614. The average molecular weight is 328 g/mol. The highest BCUT2D eigenvalue weighted by molar-refractivity contribution is 9.10. The number of benzene rings is 1. The van der Waals surface area contributed by atoms with Crippen molar-refractivity contribution in [3.8, 4) is 0 Å². The third kappa shape index (κ3) is 1.58. The maximum Gasteiger partial charge on any atom is 0.215 e. The number of imidazole rings is 2. The largest absolute Gasteiger partial charge is 0.330 e. The van der Waals surface area contributed by atoms with Gasteiger partial charge in [-0.25, -0.2) is 4.98 Å². The van der Waals surface area contributed by atoms with Crippen molar-refractivity contribution in [2.24, 2.45) is 12.8 Å². The summed E-state index contributed by atoms with van der Waals surface area (Å²) >= 11 is 9.63. The summed E-state index contributed by atoms with van der Waals surface area (Å²) in [7, 11) is 2.00. The molecule has 0 amide bonds. The molecule has 2 N–H and O–H groups in total. The third-order valence-corrected chi connectivity index (χ3v) is 4.17. The Bertz CT molecular complexity index is 744. The number of fused-ring (bicyclic) bond motifs is 3. The van der Waals surface area contributed by atoms with Gasteiger partial charge in [-0.1, -0.05) is 11.6 Å². The summed E-state index contributed by atoms with van der Waals surface area (Å²) in [4.78, 5) is 4.61. The van der Waals surface area contributed by atoms with E-state index in [1.165, 1.54) is 0 Å². The first-order valence-electron chi connectivity index (χ1n) is 5.64. The number of hydrogen-bond acceptors (Lipinski definition) is 2. The van der Waals surface area contributed by atoms with Gasteiger partial charge in [-0.05, 0) is 40.7 Å². The Morgan fingerprint density at radius 1 is 1.44 bits per heavy atom. The zero-order valence-electron chi connectivity index (χ0n) is 9.82. The van der Waals surface area contributed by atoms with Crippen LogP contribution in [-0.4, -0.2) is 20.5 Å². The van der Waals surface area contributed by atoms with Crippen LogP contribution in [0.5, 0.6) is 0 Å². The number of hydrogen-bond donors (Lipinski definition) is 1. The molecule has 0 saturated heterocycles. The first-order valence-corrected chi connectivity index (χ1v) is 6.81. The van der Waals surface area contributed by atoms with E-state index in [9.17, 15) is 0 Å². The van der Waals surface area contributed by atoms with Crippen molar-refractivity contribution >= 4 is 44.3 Å². The van der Waals surface area contributed by atoms with Gasteiger partial charge < -0.3 is 10.3 Å². The highest BCUT2D eigenvalue weighted by atomic mass is 79.9. The normalized spacial score (nSPS) is 11.8. The number of aryl methyl sites for hydroxylation is 1. The Morgan fingerprint density at radius 3 is 2.94 bits per heavy atom. The molecule has 0 aliphatic heterocycles. The van der Waals surface area contributed by atoms with Crippen molar-refractivity contribution in [3.05, 3.63) is 33.5 Å². The van der Waals surface area contributed by atoms with Gasteiger partial charge in [0.25, 0.3) is 0 Å². The molecule has 2 heterocycles. The molecular formula is C12H12BrClN4. The SMILES string of the molecule is Cn1c(CCN)c(Br)n2c3ccc(Cl)cc3nc12. The van der Waals surface area contributed by atoms with Crippen LogP contribution in [0.1, 0.15) is 5.69 Å². The summed E-state index contributed by atoms with van der Waals surface area (Å²) in [6.45, 7) is 0.614. The molecule has 0 fully saturated rings. The minimum atomic E-state index is 0.614. The van der Waals surface area contributed by atoms with E-state index < -0.39 is 0 Å². The van der Waals surface area contributed by atoms with E-state index >= 15 is 0 Å². The van der Waals surface area contributed by atoms with E-state index in [-0.39, 0.29) is 0 Å². The molecule has 0 atom stereocenters. The lowest BCUT2D eigenvalue weighted by Gasteiger charge is -2.00. The predicted octanol–water partition coefficient (Wildman–Crippen LogP) is 2.74. The quantitative estimate of drug-likeness (QED) is 0.787. The van der Waals surface area contributed by atoms with Crippen LogP contribution in [0, 0.1) is 0 Å². The van der Waals surface area contributed by atoms with E-state index in [0.29, 0.717) is 11.6 Å². The molecular weight excluding hydrogens is 316 g/mol. The van der Waals surface area contributed by atoms with Gasteiger partial charge >= 0.3 is 0 Å². The summed E-state index contributed by atoms with van der Waals surface area (Å²) in [6, 6.07) is 5.73. The highest BCUT2D eigenvalue weighted by Crippen LogP contribution is 2.28. The average Bonchev–Trinajstić information content (AvgIpc) is 2.81. The van der Waals surface area contributed by atoms with E-state index in [1.807, 2.05) is 25.2 Å². The van der Waals surface area contributed by atoms with E-state index in [0.717, 1.165) is 33.5 Å². The Balaban J connectivity index is 2.41. The van der Waals surface area contributed by atoms with Crippen LogP contribution < -0.4 is 5.73 Å². The fourth-order valence-corrected chi connectivity index (χ4v) is 3.24. The number of rotatable bonds is 2. The number of nitrogens with zero attached hydrogens (tertiary/aromatic N) is 3. The van der Waals surface area contributed by atoms with Gasteiger partial charge in [0.05, 0.1) is 16.7 Å². The fraction of sp³-hybridized carbons (Fsp3) is 0.250. The van der Waals surface area contributed by atoms with Crippen LogP contribution in [0.25, 0.3) is 16.8 Å². The van der Waals surface area contributed by atoms with Gasteiger partial charge in [-0.2, -0.15) is 0 Å². The molecule has 6 heteroatoms. The number of aromatic nitrogens is 3. The second-order valence-electron chi connectivity index (χ2n) is 4.22. The molecule has 0 saturated carbocycles. The molecule has 4 nitrogen and oxygen atoms in total. The van der Waals surface area contributed by atoms with Crippen LogP contribution >= 0.6 is 27.5 Å². The molecule has 0 bridgehead atoms. The zero-order chi connectivity index (χ0) is 12.9. The summed E-state index contributed by atoms with van der Waals surface area (Å²) in [5.41, 5.74) is 8.73. The molecule has 0 unspecified atom stereocenters. The van der Waals surface area contributed by atoms with E-state index in [2.05, 4.69) is 29.9 Å². The molecule has 0 aliphatic carbocycles. The van der Waals surface area contributed by atoms with Gasteiger partial charge in [0.15, 0.2) is 0 Å². The van der Waals surface area contributed by atoms with Crippen LogP contribution in [0.3, 0.4) is 0 Å². The smallest absolute Gasteiger partial charge is 0.215 e. The zero-order valence-corrected chi connectivity index (χ0v) is 12.2. The van der Waals surface area contributed by atoms with Gasteiger partial charge in [0.1, 0.15) is 4.60 Å². The number of halogens is 2. The first kappa shape index (κ1) is 12.0. The van der Waals surface area contributed by atoms with Crippen LogP contribution in [0.2, 0.25) is 5.02 Å². The molecule has 0 radical (unpaired) electrons. The Morgan fingerprint density at radius 2 is 2.22 bits per heavy atom. The van der Waals surface area contributed by atoms with Crippen LogP contribution in [-0.2, 0) is 13.5 Å². The Kier molecular flexibility index (Phi) is 2.84. The second-order valence-corrected chi connectivity index (χ2v) is 5.40. The topological polar surface area (TPSA) is 48.2 Å². The van der Waals surface area contributed by atoms with Gasteiger partial charge in [0.2, 0.25) is 5.78 Å². The highest BCUT2D eigenvalue weighted by Gasteiger charge is 2.16. The summed E-state index contributed by atoms with van der Waals surface area (Å²) in [6.07, 6.45) is 0.815. The lowest BCUT2D eigenvalue weighted by Crippen LogP contribution is -2.07. The van der Waals surface area contributed by atoms with Crippen LogP contribution in [0.15, 0.2) is 22.8 Å². The molecule has 2 aromatic heterocycles. The van der Waals surface area contributed by atoms with Crippen molar-refractivity contribution in [1.29, 1.82) is 0 Å². The Labute approximate surface area is 117 Å². The van der Waals surface area contributed by atoms with Crippen molar-refractivity contribution in [1.82, 2.24) is 14.0 Å².